The number of rotatable bonds is 2. The molecule has 23 heavy (non-hydrogen) atoms. The summed E-state index contributed by atoms with van der Waals surface area (Å²) in [6, 6.07) is 18.6. The van der Waals surface area contributed by atoms with Gasteiger partial charge >= 0.3 is 0 Å². The Morgan fingerprint density at radius 1 is 1.13 bits per heavy atom. The average Bonchev–Trinajstić information content (AvgIpc) is 2.83. The van der Waals surface area contributed by atoms with Gasteiger partial charge in [-0.05, 0) is 83.7 Å². The number of hydrogen-bond donors (Lipinski definition) is 0. The zero-order valence-corrected chi connectivity index (χ0v) is 16.1. The smallest absolute Gasteiger partial charge is 0.0453 e. The molecule has 0 amide bonds. The van der Waals surface area contributed by atoms with E-state index in [-0.39, 0.29) is 5.41 Å². The van der Waals surface area contributed by atoms with Crippen LogP contribution in [0.1, 0.15) is 45.1 Å². The standard InChI is InChI=1S/C21H24IN/c1-3-15-9-12-20-21(2,14-15)18-13-16(22)10-11-19(18)23(20)17-7-5-4-6-8-17/h4-8,10-11,13,15,20H,3,9,12,14H2,1-2H3. The van der Waals surface area contributed by atoms with Crippen LogP contribution in [0.25, 0.3) is 0 Å². The van der Waals surface area contributed by atoms with Crippen LogP contribution >= 0.6 is 22.6 Å². The molecule has 2 aromatic rings. The topological polar surface area (TPSA) is 3.24 Å². The third kappa shape index (κ3) is 2.41. The Morgan fingerprint density at radius 2 is 1.91 bits per heavy atom. The molecule has 1 heterocycles. The first-order valence-corrected chi connectivity index (χ1v) is 9.85. The first kappa shape index (κ1) is 15.5. The predicted molar refractivity (Wildman–Crippen MR) is 107 cm³/mol. The van der Waals surface area contributed by atoms with Crippen molar-refractivity contribution in [3.63, 3.8) is 0 Å². The minimum Gasteiger partial charge on any atom is -0.337 e. The number of benzene rings is 2. The van der Waals surface area contributed by atoms with Crippen LogP contribution in [0.2, 0.25) is 0 Å². The molecule has 120 valence electrons. The van der Waals surface area contributed by atoms with Gasteiger partial charge in [-0.3, -0.25) is 0 Å². The molecule has 3 atom stereocenters. The van der Waals surface area contributed by atoms with Crippen molar-refractivity contribution in [2.75, 3.05) is 4.90 Å². The summed E-state index contributed by atoms with van der Waals surface area (Å²) in [5, 5.41) is 0. The van der Waals surface area contributed by atoms with Gasteiger partial charge in [0.25, 0.3) is 0 Å². The Hall–Kier alpha value is -1.03. The summed E-state index contributed by atoms with van der Waals surface area (Å²) < 4.78 is 1.36. The lowest BCUT2D eigenvalue weighted by Crippen LogP contribution is -2.45. The van der Waals surface area contributed by atoms with Crippen LogP contribution in [-0.2, 0) is 5.41 Å². The number of hydrogen-bond acceptors (Lipinski definition) is 1. The second-order valence-electron chi connectivity index (χ2n) is 7.36. The molecule has 1 aliphatic carbocycles. The molecule has 1 saturated carbocycles. The maximum Gasteiger partial charge on any atom is 0.0453 e. The van der Waals surface area contributed by atoms with Gasteiger partial charge in [-0.25, -0.2) is 0 Å². The highest BCUT2D eigenvalue weighted by atomic mass is 127. The molecule has 2 heteroatoms. The molecule has 1 aliphatic heterocycles. The van der Waals surface area contributed by atoms with Gasteiger partial charge in [0.05, 0.1) is 0 Å². The summed E-state index contributed by atoms with van der Waals surface area (Å²) in [6.45, 7) is 4.87. The van der Waals surface area contributed by atoms with E-state index in [2.05, 4.69) is 89.9 Å². The molecular weight excluding hydrogens is 393 g/mol. The molecule has 0 bridgehead atoms. The zero-order valence-electron chi connectivity index (χ0n) is 13.9. The van der Waals surface area contributed by atoms with Crippen molar-refractivity contribution in [2.24, 2.45) is 5.92 Å². The predicted octanol–water partition coefficient (Wildman–Crippen LogP) is 6.28. The maximum atomic E-state index is 2.62. The summed E-state index contributed by atoms with van der Waals surface area (Å²) in [5.74, 6) is 0.873. The van der Waals surface area contributed by atoms with Crippen LogP contribution in [0, 0.1) is 9.49 Å². The highest BCUT2D eigenvalue weighted by molar-refractivity contribution is 14.1. The normalized spacial score (nSPS) is 29.3. The first-order chi connectivity index (χ1) is 11.1. The van der Waals surface area contributed by atoms with E-state index in [1.54, 1.807) is 5.56 Å². The molecule has 1 fully saturated rings. The van der Waals surface area contributed by atoms with Gasteiger partial charge in [-0.2, -0.15) is 0 Å². The maximum absolute atomic E-state index is 2.62. The van der Waals surface area contributed by atoms with E-state index in [0.717, 1.165) is 5.92 Å². The van der Waals surface area contributed by atoms with Crippen LogP contribution < -0.4 is 4.90 Å². The number of halogens is 1. The molecule has 2 aromatic carbocycles. The molecular formula is C21H24IN. The summed E-state index contributed by atoms with van der Waals surface area (Å²) in [4.78, 5) is 2.62. The molecule has 0 saturated heterocycles. The largest absolute Gasteiger partial charge is 0.337 e. The highest BCUT2D eigenvalue weighted by Crippen LogP contribution is 2.56. The van der Waals surface area contributed by atoms with Gasteiger partial charge in [-0.15, -0.1) is 0 Å². The van der Waals surface area contributed by atoms with Gasteiger partial charge < -0.3 is 4.90 Å². The monoisotopic (exact) mass is 417 g/mol. The fraction of sp³-hybridized carbons (Fsp3) is 0.429. The lowest BCUT2D eigenvalue weighted by molar-refractivity contribution is 0.213. The Balaban J connectivity index is 1.87. The van der Waals surface area contributed by atoms with Crippen molar-refractivity contribution >= 4 is 34.0 Å². The minimum absolute atomic E-state index is 0.283. The van der Waals surface area contributed by atoms with Crippen molar-refractivity contribution in [1.82, 2.24) is 0 Å². The van der Waals surface area contributed by atoms with E-state index in [0.29, 0.717) is 6.04 Å². The van der Waals surface area contributed by atoms with Crippen molar-refractivity contribution < 1.29 is 0 Å². The Bertz CT molecular complexity index is 711. The van der Waals surface area contributed by atoms with Crippen LogP contribution in [0.5, 0.6) is 0 Å². The second-order valence-corrected chi connectivity index (χ2v) is 8.60. The van der Waals surface area contributed by atoms with Crippen molar-refractivity contribution in [3.8, 4) is 0 Å². The van der Waals surface area contributed by atoms with Crippen molar-refractivity contribution in [1.29, 1.82) is 0 Å². The Kier molecular flexibility index (Phi) is 3.91. The molecule has 4 rings (SSSR count). The molecule has 3 unspecified atom stereocenters. The highest BCUT2D eigenvalue weighted by Gasteiger charge is 2.50. The van der Waals surface area contributed by atoms with E-state index < -0.39 is 0 Å². The lowest BCUT2D eigenvalue weighted by atomic mass is 9.65. The minimum atomic E-state index is 0.283. The summed E-state index contributed by atoms with van der Waals surface area (Å²) in [5.41, 5.74) is 4.63. The van der Waals surface area contributed by atoms with Gasteiger partial charge in [-0.1, -0.05) is 38.5 Å². The van der Waals surface area contributed by atoms with Crippen LogP contribution in [0.4, 0.5) is 11.4 Å². The van der Waals surface area contributed by atoms with E-state index in [1.807, 2.05) is 0 Å². The molecule has 0 N–H and O–H groups in total. The van der Waals surface area contributed by atoms with Gasteiger partial charge in [0, 0.05) is 26.4 Å². The third-order valence-corrected chi connectivity index (χ3v) is 6.72. The third-order valence-electron chi connectivity index (χ3n) is 6.05. The quantitative estimate of drug-likeness (QED) is 0.520. The molecule has 0 spiro atoms. The SMILES string of the molecule is CCC1CCC2N(c3ccccc3)c3ccc(I)cc3C2(C)C1. The van der Waals surface area contributed by atoms with Crippen LogP contribution in [0.3, 0.4) is 0 Å². The van der Waals surface area contributed by atoms with E-state index >= 15 is 0 Å². The van der Waals surface area contributed by atoms with Crippen LogP contribution in [0.15, 0.2) is 48.5 Å². The summed E-state index contributed by atoms with van der Waals surface area (Å²) >= 11 is 2.46. The zero-order chi connectivity index (χ0) is 16.0. The van der Waals surface area contributed by atoms with E-state index in [1.165, 1.54) is 40.6 Å². The van der Waals surface area contributed by atoms with E-state index in [4.69, 9.17) is 0 Å². The van der Waals surface area contributed by atoms with Gasteiger partial charge in [0.2, 0.25) is 0 Å². The van der Waals surface area contributed by atoms with Crippen LogP contribution in [-0.4, -0.2) is 6.04 Å². The van der Waals surface area contributed by atoms with Gasteiger partial charge in [0.1, 0.15) is 0 Å². The van der Waals surface area contributed by atoms with E-state index in [9.17, 15) is 0 Å². The van der Waals surface area contributed by atoms with Crippen molar-refractivity contribution in [3.05, 3.63) is 57.7 Å². The first-order valence-electron chi connectivity index (χ1n) is 8.78. The lowest BCUT2D eigenvalue weighted by Gasteiger charge is -2.43. The summed E-state index contributed by atoms with van der Waals surface area (Å²) in [7, 11) is 0. The second kappa shape index (κ2) is 5.80. The van der Waals surface area contributed by atoms with Crippen molar-refractivity contribution in [2.45, 2.75) is 51.0 Å². The fourth-order valence-electron chi connectivity index (χ4n) is 4.85. The van der Waals surface area contributed by atoms with Gasteiger partial charge in [0.15, 0.2) is 0 Å². The number of fused-ring (bicyclic) bond motifs is 3. The molecule has 0 aromatic heterocycles. The number of nitrogens with zero attached hydrogens (tertiary/aromatic N) is 1. The molecule has 1 nitrogen and oxygen atoms in total. The summed E-state index contributed by atoms with van der Waals surface area (Å²) in [6.07, 6.45) is 5.30. The Labute approximate surface area is 153 Å². The fourth-order valence-corrected chi connectivity index (χ4v) is 5.34. The average molecular weight is 417 g/mol. The number of anilines is 2. The number of para-hydroxylation sites is 1. The molecule has 0 radical (unpaired) electrons. The molecule has 2 aliphatic rings. The Morgan fingerprint density at radius 3 is 2.65 bits per heavy atom.